The fourth-order valence-electron chi connectivity index (χ4n) is 3.39. The van der Waals surface area contributed by atoms with Gasteiger partial charge in [-0.1, -0.05) is 30.3 Å². The zero-order valence-electron chi connectivity index (χ0n) is 14.3. The van der Waals surface area contributed by atoms with E-state index in [9.17, 15) is 9.90 Å². The van der Waals surface area contributed by atoms with Crippen LogP contribution < -0.4 is 10.6 Å². The maximum Gasteiger partial charge on any atom is 0.227 e. The van der Waals surface area contributed by atoms with Crippen LogP contribution in [0.1, 0.15) is 30.7 Å². The molecule has 1 amide bonds. The number of carbonyl (C=O) groups excluding carboxylic acids is 1. The molecule has 0 unspecified atom stereocenters. The van der Waals surface area contributed by atoms with Crippen LogP contribution in [-0.4, -0.2) is 45.5 Å². The van der Waals surface area contributed by atoms with E-state index in [1.807, 2.05) is 18.2 Å². The molecule has 0 spiro atoms. The van der Waals surface area contributed by atoms with Crippen molar-refractivity contribution in [1.82, 2.24) is 14.8 Å². The minimum absolute atomic E-state index is 0.0492. The van der Waals surface area contributed by atoms with E-state index < -0.39 is 0 Å². The van der Waals surface area contributed by atoms with Gasteiger partial charge in [-0.25, -0.2) is 0 Å². The quantitative estimate of drug-likeness (QED) is 0.780. The Morgan fingerprint density at radius 1 is 1.20 bits per heavy atom. The maximum absolute atomic E-state index is 11.1. The molecule has 2 heterocycles. The van der Waals surface area contributed by atoms with Crippen molar-refractivity contribution in [3.8, 4) is 0 Å². The maximum atomic E-state index is 11.1. The molecule has 7 heteroatoms. The Balaban J connectivity index is 1.76. The first-order valence-corrected chi connectivity index (χ1v) is 8.77. The van der Waals surface area contributed by atoms with Gasteiger partial charge in [0.15, 0.2) is 0 Å². The minimum atomic E-state index is -0.226. The molecule has 134 valence electrons. The summed E-state index contributed by atoms with van der Waals surface area (Å²) >= 11 is 0. The number of nitrogens with two attached hydrogens (primary N) is 1. The number of hydrogen-bond acceptors (Lipinski definition) is 5. The predicted octanol–water partition coefficient (Wildman–Crippen LogP) is 0.953. The van der Waals surface area contributed by atoms with Gasteiger partial charge in [-0.05, 0) is 24.3 Å². The van der Waals surface area contributed by atoms with Crippen LogP contribution in [-0.2, 0) is 17.8 Å². The number of amides is 1. The Morgan fingerprint density at radius 2 is 1.92 bits per heavy atom. The molecular weight excluding hydrogens is 318 g/mol. The molecule has 1 aliphatic rings. The highest BCUT2D eigenvalue weighted by Crippen LogP contribution is 2.25. The average Bonchev–Trinajstić information content (AvgIpc) is 2.99. The van der Waals surface area contributed by atoms with Crippen molar-refractivity contribution in [3.63, 3.8) is 0 Å². The molecule has 1 aromatic carbocycles. The lowest BCUT2D eigenvalue weighted by atomic mass is 9.93. The smallest absolute Gasteiger partial charge is 0.227 e. The van der Waals surface area contributed by atoms with E-state index in [0.717, 1.165) is 37.7 Å². The summed E-state index contributed by atoms with van der Waals surface area (Å²) in [5, 5.41) is 18.0. The molecule has 1 saturated heterocycles. The number of nitrogens with zero attached hydrogens (tertiary/aromatic N) is 4. The van der Waals surface area contributed by atoms with Gasteiger partial charge in [0.2, 0.25) is 11.9 Å². The largest absolute Gasteiger partial charge is 0.396 e. The van der Waals surface area contributed by atoms with E-state index in [1.54, 1.807) is 0 Å². The number of aromatic nitrogens is 3. The fraction of sp³-hybridized carbons (Fsp3) is 0.500. The van der Waals surface area contributed by atoms with Crippen molar-refractivity contribution in [1.29, 1.82) is 0 Å². The number of hydrogen-bond donors (Lipinski definition) is 2. The second kappa shape index (κ2) is 8.11. The highest BCUT2D eigenvalue weighted by molar-refractivity contribution is 5.74. The zero-order chi connectivity index (χ0) is 17.6. The van der Waals surface area contributed by atoms with Gasteiger partial charge in [0.1, 0.15) is 5.82 Å². The molecule has 1 fully saturated rings. The third-order valence-corrected chi connectivity index (χ3v) is 4.71. The van der Waals surface area contributed by atoms with Gasteiger partial charge in [-0.15, -0.1) is 10.2 Å². The van der Waals surface area contributed by atoms with Gasteiger partial charge < -0.3 is 15.7 Å². The van der Waals surface area contributed by atoms with Gasteiger partial charge in [-0.2, -0.15) is 0 Å². The van der Waals surface area contributed by atoms with E-state index >= 15 is 0 Å². The summed E-state index contributed by atoms with van der Waals surface area (Å²) in [6, 6.07) is 10.2. The van der Waals surface area contributed by atoms with Crippen LogP contribution in [0.15, 0.2) is 30.3 Å². The molecule has 0 radical (unpaired) electrons. The molecule has 2 aromatic rings. The number of rotatable bonds is 7. The Morgan fingerprint density at radius 3 is 2.56 bits per heavy atom. The summed E-state index contributed by atoms with van der Waals surface area (Å²) in [7, 11) is 0. The number of piperidine rings is 1. The number of primary amides is 1. The van der Waals surface area contributed by atoms with Crippen LogP contribution in [0.3, 0.4) is 0 Å². The molecule has 0 bridgehead atoms. The molecule has 3 N–H and O–H groups in total. The number of anilines is 1. The van der Waals surface area contributed by atoms with Gasteiger partial charge in [-0.3, -0.25) is 9.36 Å². The summed E-state index contributed by atoms with van der Waals surface area (Å²) in [4.78, 5) is 13.3. The number of carbonyl (C=O) groups is 1. The third-order valence-electron chi connectivity index (χ3n) is 4.71. The summed E-state index contributed by atoms with van der Waals surface area (Å²) in [5.74, 6) is 1.76. The Hall–Kier alpha value is -2.41. The van der Waals surface area contributed by atoms with Crippen LogP contribution in [0.5, 0.6) is 0 Å². The van der Waals surface area contributed by atoms with Gasteiger partial charge in [0.05, 0.1) is 13.2 Å². The van der Waals surface area contributed by atoms with Gasteiger partial charge >= 0.3 is 0 Å². The van der Waals surface area contributed by atoms with Crippen molar-refractivity contribution >= 4 is 11.9 Å². The van der Waals surface area contributed by atoms with Gasteiger partial charge in [0, 0.05) is 25.9 Å². The molecule has 1 aliphatic heterocycles. The molecule has 7 nitrogen and oxygen atoms in total. The molecular formula is C18H25N5O2. The Kier molecular flexibility index (Phi) is 5.65. The van der Waals surface area contributed by atoms with Crippen LogP contribution in [0, 0.1) is 5.92 Å². The first-order valence-electron chi connectivity index (χ1n) is 8.77. The Bertz CT molecular complexity index is 693. The Labute approximate surface area is 147 Å². The molecule has 0 atom stereocenters. The average molecular weight is 343 g/mol. The van der Waals surface area contributed by atoms with Crippen molar-refractivity contribution in [2.24, 2.45) is 11.7 Å². The predicted molar refractivity (Wildman–Crippen MR) is 95.1 cm³/mol. The van der Waals surface area contributed by atoms with Crippen LogP contribution in [0.25, 0.3) is 0 Å². The van der Waals surface area contributed by atoms with E-state index in [4.69, 9.17) is 5.73 Å². The van der Waals surface area contributed by atoms with E-state index in [-0.39, 0.29) is 12.5 Å². The van der Waals surface area contributed by atoms with Crippen LogP contribution in [0.4, 0.5) is 5.95 Å². The fourth-order valence-corrected chi connectivity index (χ4v) is 3.39. The molecule has 3 rings (SSSR count). The summed E-state index contributed by atoms with van der Waals surface area (Å²) < 4.78 is 2.08. The normalized spacial score (nSPS) is 15.5. The highest BCUT2D eigenvalue weighted by Gasteiger charge is 2.25. The van der Waals surface area contributed by atoms with E-state index in [1.165, 1.54) is 5.56 Å². The summed E-state index contributed by atoms with van der Waals surface area (Å²) in [6.45, 7) is 2.40. The lowest BCUT2D eigenvalue weighted by Crippen LogP contribution is -2.37. The van der Waals surface area contributed by atoms with Crippen LogP contribution in [0.2, 0.25) is 0 Å². The second-order valence-corrected chi connectivity index (χ2v) is 6.56. The van der Waals surface area contributed by atoms with E-state index in [2.05, 4.69) is 31.8 Å². The lowest BCUT2D eigenvalue weighted by molar-refractivity contribution is -0.119. The van der Waals surface area contributed by atoms with Gasteiger partial charge in [0.25, 0.3) is 0 Å². The highest BCUT2D eigenvalue weighted by atomic mass is 16.3. The SMILES string of the molecule is NC(=O)CC1CCN(c2nnc(CCO)n2Cc2ccccc2)CC1. The second-order valence-electron chi connectivity index (χ2n) is 6.56. The van der Waals surface area contributed by atoms with E-state index in [0.29, 0.717) is 25.3 Å². The number of aliphatic hydroxyl groups is 1. The summed E-state index contributed by atoms with van der Waals surface area (Å²) in [5.41, 5.74) is 6.49. The standard InChI is InChI=1S/C18H25N5O2/c19-16(25)12-14-6-9-22(10-7-14)18-21-20-17(8-11-24)23(18)13-15-4-2-1-3-5-15/h1-5,14,24H,6-13H2,(H2,19,25). The molecule has 0 saturated carbocycles. The number of aliphatic hydroxyl groups excluding tert-OH is 1. The zero-order valence-corrected chi connectivity index (χ0v) is 14.3. The molecule has 1 aromatic heterocycles. The van der Waals surface area contributed by atoms with Crippen molar-refractivity contribution in [3.05, 3.63) is 41.7 Å². The first-order chi connectivity index (χ1) is 12.2. The molecule has 0 aliphatic carbocycles. The van der Waals surface area contributed by atoms with Crippen molar-refractivity contribution in [2.75, 3.05) is 24.6 Å². The molecule has 25 heavy (non-hydrogen) atoms. The summed E-state index contributed by atoms with van der Waals surface area (Å²) in [6.07, 6.45) is 2.80. The third kappa shape index (κ3) is 4.36. The van der Waals surface area contributed by atoms with Crippen LogP contribution >= 0.6 is 0 Å². The lowest BCUT2D eigenvalue weighted by Gasteiger charge is -2.32. The minimum Gasteiger partial charge on any atom is -0.396 e. The van der Waals surface area contributed by atoms with Crippen molar-refractivity contribution < 1.29 is 9.90 Å². The first kappa shape index (κ1) is 17.4. The van der Waals surface area contributed by atoms with Crippen molar-refractivity contribution in [2.45, 2.75) is 32.2 Å². The number of benzene rings is 1. The topological polar surface area (TPSA) is 97.3 Å². The monoisotopic (exact) mass is 343 g/mol.